The van der Waals surface area contributed by atoms with Crippen molar-refractivity contribution in [3.8, 4) is 11.5 Å². The van der Waals surface area contributed by atoms with E-state index in [4.69, 9.17) is 10.5 Å². The molecule has 0 aliphatic heterocycles. The van der Waals surface area contributed by atoms with Gasteiger partial charge >= 0.3 is 0 Å². The van der Waals surface area contributed by atoms with Gasteiger partial charge < -0.3 is 10.5 Å². The zero-order valence-electron chi connectivity index (χ0n) is 10.6. The van der Waals surface area contributed by atoms with Crippen molar-refractivity contribution in [2.45, 2.75) is 0 Å². The van der Waals surface area contributed by atoms with Crippen LogP contribution in [0.3, 0.4) is 0 Å². The number of pyridine rings is 1. The number of aromatic nitrogens is 1. The second-order valence-corrected chi connectivity index (χ2v) is 6.21. The third-order valence-corrected chi connectivity index (χ3v) is 3.90. The molecular formula is C15H9Br2FN2O. The maximum atomic E-state index is 13.9. The second kappa shape index (κ2) is 5.61. The van der Waals surface area contributed by atoms with E-state index < -0.39 is 5.82 Å². The Morgan fingerprint density at radius 2 is 1.76 bits per heavy atom. The average molecular weight is 412 g/mol. The standard InChI is InChI=1S/C15H9Br2FN2O/c16-8-2-4-13-10(5-8)15(12(19)7-20-13)21-14-6-9(17)1-3-11(14)18/h1-7H,19H2. The molecule has 1 aromatic heterocycles. The first-order valence-corrected chi connectivity index (χ1v) is 7.60. The first kappa shape index (κ1) is 14.3. The van der Waals surface area contributed by atoms with Crippen LogP contribution in [-0.2, 0) is 0 Å². The van der Waals surface area contributed by atoms with Crippen LogP contribution in [0.25, 0.3) is 10.9 Å². The van der Waals surface area contributed by atoms with Gasteiger partial charge in [0, 0.05) is 14.3 Å². The Morgan fingerprint density at radius 1 is 1.05 bits per heavy atom. The van der Waals surface area contributed by atoms with E-state index in [0.717, 1.165) is 14.5 Å². The molecule has 0 atom stereocenters. The highest BCUT2D eigenvalue weighted by molar-refractivity contribution is 9.10. The monoisotopic (exact) mass is 410 g/mol. The molecule has 2 aromatic carbocycles. The second-order valence-electron chi connectivity index (χ2n) is 4.38. The minimum atomic E-state index is -0.461. The van der Waals surface area contributed by atoms with Crippen molar-refractivity contribution in [1.29, 1.82) is 0 Å². The summed E-state index contributed by atoms with van der Waals surface area (Å²) in [6.07, 6.45) is 1.50. The highest BCUT2D eigenvalue weighted by Gasteiger charge is 2.12. The molecule has 6 heteroatoms. The number of hydrogen-bond acceptors (Lipinski definition) is 3. The minimum Gasteiger partial charge on any atom is -0.451 e. The van der Waals surface area contributed by atoms with Crippen LogP contribution >= 0.6 is 31.9 Å². The fourth-order valence-corrected chi connectivity index (χ4v) is 2.64. The summed E-state index contributed by atoms with van der Waals surface area (Å²) in [5, 5.41) is 0.712. The Morgan fingerprint density at radius 3 is 2.57 bits per heavy atom. The van der Waals surface area contributed by atoms with E-state index >= 15 is 0 Å². The lowest BCUT2D eigenvalue weighted by molar-refractivity contribution is 0.447. The smallest absolute Gasteiger partial charge is 0.165 e. The SMILES string of the molecule is Nc1cnc2ccc(Br)cc2c1Oc1cc(Br)ccc1F. The molecule has 0 amide bonds. The highest BCUT2D eigenvalue weighted by Crippen LogP contribution is 2.37. The van der Waals surface area contributed by atoms with E-state index in [1.54, 1.807) is 12.1 Å². The number of halogens is 3. The summed E-state index contributed by atoms with van der Waals surface area (Å²) in [6.45, 7) is 0. The minimum absolute atomic E-state index is 0.101. The van der Waals surface area contributed by atoms with Crippen LogP contribution < -0.4 is 10.5 Å². The Balaban J connectivity index is 2.17. The summed E-state index contributed by atoms with van der Waals surface area (Å²) in [6, 6.07) is 10.0. The van der Waals surface area contributed by atoms with Crippen molar-refractivity contribution < 1.29 is 9.13 Å². The first-order valence-electron chi connectivity index (χ1n) is 6.01. The van der Waals surface area contributed by atoms with Gasteiger partial charge in [-0.1, -0.05) is 31.9 Å². The quantitative estimate of drug-likeness (QED) is 0.624. The number of hydrogen-bond donors (Lipinski definition) is 1. The molecule has 3 nitrogen and oxygen atoms in total. The molecule has 106 valence electrons. The third-order valence-electron chi connectivity index (χ3n) is 2.91. The molecule has 0 aliphatic rings. The summed E-state index contributed by atoms with van der Waals surface area (Å²) >= 11 is 6.69. The molecule has 3 aromatic rings. The lowest BCUT2D eigenvalue weighted by atomic mass is 10.2. The number of rotatable bonds is 2. The molecule has 0 unspecified atom stereocenters. The van der Waals surface area contributed by atoms with Crippen molar-refractivity contribution in [1.82, 2.24) is 4.98 Å². The van der Waals surface area contributed by atoms with Crippen LogP contribution in [0.5, 0.6) is 11.5 Å². The molecule has 21 heavy (non-hydrogen) atoms. The number of nitrogen functional groups attached to an aromatic ring is 1. The van der Waals surface area contributed by atoms with Crippen molar-refractivity contribution >= 4 is 48.5 Å². The zero-order chi connectivity index (χ0) is 15.0. The molecule has 0 radical (unpaired) electrons. The molecule has 3 rings (SSSR count). The first-order chi connectivity index (χ1) is 10.0. The molecule has 0 spiro atoms. The fraction of sp³-hybridized carbons (Fsp3) is 0. The van der Waals surface area contributed by atoms with E-state index in [9.17, 15) is 4.39 Å². The zero-order valence-corrected chi connectivity index (χ0v) is 13.8. The fourth-order valence-electron chi connectivity index (χ4n) is 1.94. The molecule has 2 N–H and O–H groups in total. The summed E-state index contributed by atoms with van der Waals surface area (Å²) in [5.41, 5.74) is 7.00. The summed E-state index contributed by atoms with van der Waals surface area (Å²) in [7, 11) is 0. The largest absolute Gasteiger partial charge is 0.451 e. The van der Waals surface area contributed by atoms with Gasteiger partial charge in [-0.15, -0.1) is 0 Å². The van der Waals surface area contributed by atoms with Gasteiger partial charge in [0.05, 0.1) is 17.4 Å². The number of anilines is 1. The number of benzene rings is 2. The maximum absolute atomic E-state index is 13.9. The number of ether oxygens (including phenoxy) is 1. The lowest BCUT2D eigenvalue weighted by Crippen LogP contribution is -1.96. The van der Waals surface area contributed by atoms with Crippen LogP contribution in [0.15, 0.2) is 51.5 Å². The molecule has 0 saturated carbocycles. The normalized spacial score (nSPS) is 10.8. The van der Waals surface area contributed by atoms with Gasteiger partial charge in [-0.2, -0.15) is 0 Å². The van der Waals surface area contributed by atoms with E-state index in [0.29, 0.717) is 16.8 Å². The van der Waals surface area contributed by atoms with Gasteiger partial charge in [-0.05, 0) is 36.4 Å². The van der Waals surface area contributed by atoms with Gasteiger partial charge in [-0.25, -0.2) is 4.39 Å². The molecule has 0 bridgehead atoms. The maximum Gasteiger partial charge on any atom is 0.165 e. The average Bonchev–Trinajstić information content (AvgIpc) is 2.46. The van der Waals surface area contributed by atoms with Gasteiger partial charge in [0.25, 0.3) is 0 Å². The van der Waals surface area contributed by atoms with Crippen molar-refractivity contribution in [3.05, 3.63) is 57.4 Å². The van der Waals surface area contributed by atoms with Crippen LogP contribution in [0.1, 0.15) is 0 Å². The number of nitrogens with zero attached hydrogens (tertiary/aromatic N) is 1. The van der Waals surface area contributed by atoms with Crippen LogP contribution in [0, 0.1) is 5.82 Å². The van der Waals surface area contributed by atoms with Gasteiger partial charge in [0.15, 0.2) is 17.3 Å². The van der Waals surface area contributed by atoms with Gasteiger partial charge in [-0.3, -0.25) is 4.98 Å². The molecular weight excluding hydrogens is 403 g/mol. The topological polar surface area (TPSA) is 48.1 Å². The Kier molecular flexibility index (Phi) is 3.82. The molecule has 0 fully saturated rings. The Labute approximate surface area is 137 Å². The van der Waals surface area contributed by atoms with Crippen molar-refractivity contribution in [2.75, 3.05) is 5.73 Å². The lowest BCUT2D eigenvalue weighted by Gasteiger charge is -2.12. The Hall–Kier alpha value is -1.66. The van der Waals surface area contributed by atoms with Crippen LogP contribution in [0.4, 0.5) is 10.1 Å². The van der Waals surface area contributed by atoms with Crippen LogP contribution in [0.2, 0.25) is 0 Å². The predicted molar refractivity (Wildman–Crippen MR) is 88.0 cm³/mol. The third kappa shape index (κ3) is 2.87. The van der Waals surface area contributed by atoms with E-state index in [1.165, 1.54) is 12.3 Å². The van der Waals surface area contributed by atoms with E-state index in [1.807, 2.05) is 18.2 Å². The van der Waals surface area contributed by atoms with Gasteiger partial charge in [0.2, 0.25) is 0 Å². The number of fused-ring (bicyclic) bond motifs is 1. The van der Waals surface area contributed by atoms with Gasteiger partial charge in [0.1, 0.15) is 0 Å². The van der Waals surface area contributed by atoms with Crippen molar-refractivity contribution in [3.63, 3.8) is 0 Å². The molecule has 1 heterocycles. The Bertz CT molecular complexity index is 834. The van der Waals surface area contributed by atoms with E-state index in [2.05, 4.69) is 36.8 Å². The number of nitrogens with two attached hydrogens (primary N) is 1. The van der Waals surface area contributed by atoms with E-state index in [-0.39, 0.29) is 5.75 Å². The summed E-state index contributed by atoms with van der Waals surface area (Å²) in [5.74, 6) is 0.0272. The highest BCUT2D eigenvalue weighted by atomic mass is 79.9. The predicted octanol–water partition coefficient (Wildman–Crippen LogP) is 5.27. The summed E-state index contributed by atoms with van der Waals surface area (Å²) < 4.78 is 21.1. The van der Waals surface area contributed by atoms with Crippen molar-refractivity contribution in [2.24, 2.45) is 0 Å². The molecule has 0 saturated heterocycles. The summed E-state index contributed by atoms with van der Waals surface area (Å²) in [4.78, 5) is 4.24. The van der Waals surface area contributed by atoms with Crippen LogP contribution in [-0.4, -0.2) is 4.98 Å². The molecule has 0 aliphatic carbocycles.